The van der Waals surface area contributed by atoms with Gasteiger partial charge in [-0.3, -0.25) is 9.59 Å². The number of aryl methyl sites for hydroxylation is 1. The zero-order valence-electron chi connectivity index (χ0n) is 17.9. The first-order valence-electron chi connectivity index (χ1n) is 10.3. The third kappa shape index (κ3) is 4.67. The number of phenols is 1. The normalized spacial score (nSPS) is 18.2. The van der Waals surface area contributed by atoms with E-state index in [0.29, 0.717) is 17.6 Å². The summed E-state index contributed by atoms with van der Waals surface area (Å²) < 4.78 is 0.634. The van der Waals surface area contributed by atoms with Crippen LogP contribution in [-0.4, -0.2) is 57.9 Å². The zero-order chi connectivity index (χ0) is 22.7. The number of amides is 1. The maximum absolute atomic E-state index is 13.0. The molecule has 2 aromatic carbocycles. The first-order valence-corrected chi connectivity index (χ1v) is 11.1. The molecule has 7 heteroatoms. The number of likely N-dealkylation sites (N-methyl/N-ethyl adjacent to an activating group) is 1. The number of ketones is 1. The molecule has 3 rings (SSSR count). The fourth-order valence-corrected chi connectivity index (χ4v) is 4.20. The Morgan fingerprint density at radius 2 is 1.74 bits per heavy atom. The third-order valence-electron chi connectivity index (χ3n) is 5.70. The van der Waals surface area contributed by atoms with Gasteiger partial charge in [0.15, 0.2) is 0 Å². The van der Waals surface area contributed by atoms with Crippen LogP contribution in [0.2, 0.25) is 0 Å². The van der Waals surface area contributed by atoms with Crippen molar-refractivity contribution in [3.63, 3.8) is 0 Å². The molecule has 0 bridgehead atoms. The van der Waals surface area contributed by atoms with Crippen LogP contribution in [0.4, 0.5) is 0 Å². The van der Waals surface area contributed by atoms with Crippen LogP contribution in [0.1, 0.15) is 36.6 Å². The molecule has 2 aromatic rings. The molecule has 1 aliphatic rings. The Morgan fingerprint density at radius 3 is 2.35 bits per heavy atom. The van der Waals surface area contributed by atoms with Crippen LogP contribution >= 0.6 is 15.9 Å². The minimum absolute atomic E-state index is 0.0122. The van der Waals surface area contributed by atoms with Crippen LogP contribution in [0, 0.1) is 6.92 Å². The maximum Gasteiger partial charge on any atom is 0.295 e. The molecule has 1 heterocycles. The summed E-state index contributed by atoms with van der Waals surface area (Å²) in [4.78, 5) is 29.7. The van der Waals surface area contributed by atoms with Gasteiger partial charge in [0.2, 0.25) is 0 Å². The fourth-order valence-electron chi connectivity index (χ4n) is 3.84. The molecule has 0 aliphatic carbocycles. The van der Waals surface area contributed by atoms with Gasteiger partial charge in [0.05, 0.1) is 17.2 Å². The predicted octanol–water partition coefficient (Wildman–Crippen LogP) is 4.23. The van der Waals surface area contributed by atoms with E-state index < -0.39 is 17.7 Å². The van der Waals surface area contributed by atoms with Crippen molar-refractivity contribution < 1.29 is 19.8 Å². The van der Waals surface area contributed by atoms with E-state index in [9.17, 15) is 19.8 Å². The second kappa shape index (κ2) is 9.66. The van der Waals surface area contributed by atoms with Crippen molar-refractivity contribution in [2.45, 2.75) is 26.8 Å². The number of hydrogen-bond donors (Lipinski definition) is 2. The molecule has 31 heavy (non-hydrogen) atoms. The van der Waals surface area contributed by atoms with Crippen molar-refractivity contribution in [2.24, 2.45) is 0 Å². The quantitative estimate of drug-likeness (QED) is 0.347. The summed E-state index contributed by atoms with van der Waals surface area (Å²) in [6.07, 6.45) is 0. The van der Waals surface area contributed by atoms with Crippen molar-refractivity contribution in [1.82, 2.24) is 9.80 Å². The van der Waals surface area contributed by atoms with Gasteiger partial charge in [0, 0.05) is 17.6 Å². The van der Waals surface area contributed by atoms with Gasteiger partial charge in [-0.05, 0) is 43.8 Å². The van der Waals surface area contributed by atoms with Gasteiger partial charge >= 0.3 is 0 Å². The predicted molar refractivity (Wildman–Crippen MR) is 124 cm³/mol. The van der Waals surface area contributed by atoms with Gasteiger partial charge < -0.3 is 20.0 Å². The lowest BCUT2D eigenvalue weighted by atomic mass is 9.94. The second-order valence-corrected chi connectivity index (χ2v) is 8.51. The van der Waals surface area contributed by atoms with E-state index in [2.05, 4.69) is 20.8 Å². The number of aliphatic hydroxyl groups excluding tert-OH is 1. The second-order valence-electron chi connectivity index (χ2n) is 7.59. The molecule has 0 saturated carbocycles. The summed E-state index contributed by atoms with van der Waals surface area (Å²) in [5, 5.41) is 21.4. The Bertz CT molecular complexity index is 1010. The standard InChI is InChI=1S/C24H27BrN2O4/c1-4-26(5-2)12-13-27-21(16-8-6-15(3)7-9-16)20(23(30)24(27)31)22(29)18-14-17(25)10-11-19(18)28/h6-11,14,21,28-29H,4-5,12-13H2,1-3H3/t21-/m0/s1. The number of aromatic hydroxyl groups is 1. The molecule has 1 atom stereocenters. The third-order valence-corrected chi connectivity index (χ3v) is 6.19. The summed E-state index contributed by atoms with van der Waals surface area (Å²) in [7, 11) is 0. The van der Waals surface area contributed by atoms with Crippen LogP contribution < -0.4 is 0 Å². The maximum atomic E-state index is 13.0. The average Bonchev–Trinajstić information content (AvgIpc) is 3.01. The lowest BCUT2D eigenvalue weighted by Gasteiger charge is -2.28. The number of nitrogens with zero attached hydrogens (tertiary/aromatic N) is 2. The molecule has 0 radical (unpaired) electrons. The fraction of sp³-hybridized carbons (Fsp3) is 0.333. The minimum Gasteiger partial charge on any atom is -0.507 e. The monoisotopic (exact) mass is 486 g/mol. The Morgan fingerprint density at radius 1 is 1.10 bits per heavy atom. The summed E-state index contributed by atoms with van der Waals surface area (Å²) in [5.41, 5.74) is 1.88. The number of hydrogen-bond acceptors (Lipinski definition) is 5. The zero-order valence-corrected chi connectivity index (χ0v) is 19.5. The van der Waals surface area contributed by atoms with E-state index in [1.54, 1.807) is 6.07 Å². The molecular weight excluding hydrogens is 460 g/mol. The Kier molecular flexibility index (Phi) is 7.18. The molecule has 1 saturated heterocycles. The summed E-state index contributed by atoms with van der Waals surface area (Å²) in [6, 6.07) is 11.4. The van der Waals surface area contributed by atoms with Gasteiger partial charge in [0.25, 0.3) is 11.7 Å². The Hall–Kier alpha value is -2.64. The van der Waals surface area contributed by atoms with Crippen molar-refractivity contribution in [3.8, 4) is 5.75 Å². The van der Waals surface area contributed by atoms with E-state index in [1.807, 2.05) is 45.0 Å². The molecule has 1 fully saturated rings. The topological polar surface area (TPSA) is 81.1 Å². The van der Waals surface area contributed by atoms with Gasteiger partial charge in [-0.15, -0.1) is 0 Å². The van der Waals surface area contributed by atoms with Crippen molar-refractivity contribution >= 4 is 33.4 Å². The van der Waals surface area contributed by atoms with Crippen molar-refractivity contribution in [3.05, 3.63) is 69.2 Å². The van der Waals surface area contributed by atoms with Crippen molar-refractivity contribution in [1.29, 1.82) is 0 Å². The van der Waals surface area contributed by atoms with Gasteiger partial charge in [-0.2, -0.15) is 0 Å². The van der Waals surface area contributed by atoms with Gasteiger partial charge in [-0.25, -0.2) is 0 Å². The molecule has 164 valence electrons. The summed E-state index contributed by atoms with van der Waals surface area (Å²) in [5.74, 6) is -1.94. The highest BCUT2D eigenvalue weighted by atomic mass is 79.9. The van der Waals surface area contributed by atoms with E-state index in [-0.39, 0.29) is 22.6 Å². The first-order chi connectivity index (χ1) is 14.8. The van der Waals surface area contributed by atoms with Crippen LogP contribution in [-0.2, 0) is 9.59 Å². The van der Waals surface area contributed by atoms with E-state index in [0.717, 1.165) is 24.2 Å². The molecule has 0 spiro atoms. The van der Waals surface area contributed by atoms with E-state index in [4.69, 9.17) is 0 Å². The molecule has 6 nitrogen and oxygen atoms in total. The largest absolute Gasteiger partial charge is 0.507 e. The number of carbonyl (C=O) groups excluding carboxylic acids is 2. The summed E-state index contributed by atoms with van der Waals surface area (Å²) in [6.45, 7) is 8.69. The lowest BCUT2D eigenvalue weighted by molar-refractivity contribution is -0.140. The number of rotatable bonds is 7. The highest BCUT2D eigenvalue weighted by Gasteiger charge is 2.46. The first kappa shape index (κ1) is 23.0. The number of carbonyl (C=O) groups is 2. The van der Waals surface area contributed by atoms with Crippen LogP contribution in [0.25, 0.3) is 5.76 Å². The number of likely N-dealkylation sites (tertiary alicyclic amines) is 1. The molecular formula is C24H27BrN2O4. The van der Waals surface area contributed by atoms with Gasteiger partial charge in [0.1, 0.15) is 11.5 Å². The lowest BCUT2D eigenvalue weighted by Crippen LogP contribution is -2.38. The Labute approximate surface area is 190 Å². The number of aliphatic hydroxyl groups is 1. The molecule has 1 amide bonds. The number of benzene rings is 2. The van der Waals surface area contributed by atoms with Gasteiger partial charge in [-0.1, -0.05) is 59.6 Å². The van der Waals surface area contributed by atoms with Crippen molar-refractivity contribution in [2.75, 3.05) is 26.2 Å². The number of halogens is 1. The van der Waals surface area contributed by atoms with E-state index >= 15 is 0 Å². The minimum atomic E-state index is -0.748. The molecule has 2 N–H and O–H groups in total. The highest BCUT2D eigenvalue weighted by molar-refractivity contribution is 9.10. The smallest absolute Gasteiger partial charge is 0.295 e. The molecule has 0 unspecified atom stereocenters. The average molecular weight is 487 g/mol. The van der Waals surface area contributed by atoms with Crippen LogP contribution in [0.5, 0.6) is 5.75 Å². The van der Waals surface area contributed by atoms with Crippen LogP contribution in [0.3, 0.4) is 0 Å². The molecule has 0 aromatic heterocycles. The SMILES string of the molecule is CCN(CC)CCN1C(=O)C(=O)C(=C(O)c2cc(Br)ccc2O)[C@@H]1c1ccc(C)cc1. The summed E-state index contributed by atoms with van der Waals surface area (Å²) >= 11 is 3.32. The Balaban J connectivity index is 2.13. The van der Waals surface area contributed by atoms with Crippen LogP contribution in [0.15, 0.2) is 52.5 Å². The molecule has 1 aliphatic heterocycles. The number of phenolic OH excluding ortho intramolecular Hbond substituents is 1. The number of Topliss-reactive ketones (excluding diaryl/α,β-unsaturated/α-hetero) is 1. The van der Waals surface area contributed by atoms with E-state index in [1.165, 1.54) is 17.0 Å². The highest BCUT2D eigenvalue weighted by Crippen LogP contribution is 2.41.